The molecular weight excluding hydrogens is 348 g/mol. The van der Waals surface area contributed by atoms with Crippen molar-refractivity contribution < 1.29 is 19.3 Å². The molecule has 1 heterocycles. The Hall–Kier alpha value is -1.69. The zero-order valence-electron chi connectivity index (χ0n) is 15.5. The Morgan fingerprint density at radius 2 is 1.62 bits per heavy atom. The number of hydrogen-bond donors (Lipinski definition) is 1. The molecule has 5 heteroatoms. The van der Waals surface area contributed by atoms with E-state index in [1.54, 1.807) is 14.2 Å². The molecule has 0 aliphatic carbocycles. The first-order valence-electron chi connectivity index (χ1n) is 8.84. The first kappa shape index (κ1) is 19.1. The van der Waals surface area contributed by atoms with Crippen LogP contribution in [-0.4, -0.2) is 36.9 Å². The second kappa shape index (κ2) is 8.33. The van der Waals surface area contributed by atoms with Crippen LogP contribution in [0.2, 0.25) is 0 Å². The van der Waals surface area contributed by atoms with E-state index in [0.717, 1.165) is 34.1 Å². The molecule has 0 saturated carbocycles. The van der Waals surface area contributed by atoms with Gasteiger partial charge in [-0.25, -0.2) is 0 Å². The van der Waals surface area contributed by atoms with Crippen molar-refractivity contribution >= 4 is 11.8 Å². The summed E-state index contributed by atoms with van der Waals surface area (Å²) in [6.45, 7) is 2.14. The average Bonchev–Trinajstić information content (AvgIpc) is 3.04. The Morgan fingerprint density at radius 3 is 2.15 bits per heavy atom. The molecule has 1 aliphatic rings. The van der Waals surface area contributed by atoms with Gasteiger partial charge in [0.25, 0.3) is 0 Å². The van der Waals surface area contributed by atoms with Crippen molar-refractivity contribution in [2.45, 2.75) is 31.2 Å². The van der Waals surface area contributed by atoms with Gasteiger partial charge >= 0.3 is 0 Å². The number of ether oxygens (including phenoxy) is 3. The van der Waals surface area contributed by atoms with Gasteiger partial charge in [0, 0.05) is 12.2 Å². The fraction of sp³-hybridized carbons (Fsp3) is 0.429. The molecule has 0 radical (unpaired) electrons. The van der Waals surface area contributed by atoms with Crippen molar-refractivity contribution in [3.8, 4) is 11.5 Å². The zero-order chi connectivity index (χ0) is 18.6. The van der Waals surface area contributed by atoms with Gasteiger partial charge in [0.2, 0.25) is 0 Å². The molecule has 2 aromatic rings. The summed E-state index contributed by atoms with van der Waals surface area (Å²) in [5.41, 5.74) is 0.732. The second-order valence-electron chi connectivity index (χ2n) is 6.43. The van der Waals surface area contributed by atoms with Crippen LogP contribution in [-0.2, 0) is 10.3 Å². The summed E-state index contributed by atoms with van der Waals surface area (Å²) in [5.74, 6) is 3.48. The molecule has 3 rings (SSSR count). The first-order valence-corrected chi connectivity index (χ1v) is 10.00. The summed E-state index contributed by atoms with van der Waals surface area (Å²) in [6, 6.07) is 15.4. The number of thioether (sulfide) groups is 1. The van der Waals surface area contributed by atoms with Crippen LogP contribution < -0.4 is 9.47 Å². The van der Waals surface area contributed by atoms with E-state index in [0.29, 0.717) is 6.42 Å². The zero-order valence-corrected chi connectivity index (χ0v) is 16.3. The molecule has 0 amide bonds. The lowest BCUT2D eigenvalue weighted by atomic mass is 9.83. The maximum absolute atomic E-state index is 11.6. The lowest BCUT2D eigenvalue weighted by Crippen LogP contribution is -2.29. The monoisotopic (exact) mass is 374 g/mol. The fourth-order valence-corrected chi connectivity index (χ4v) is 4.13. The molecule has 140 valence electrons. The number of benzene rings is 2. The molecule has 2 aromatic carbocycles. The third-order valence-electron chi connectivity index (χ3n) is 4.82. The molecule has 3 atom stereocenters. The maximum atomic E-state index is 11.6. The van der Waals surface area contributed by atoms with Crippen LogP contribution in [0.1, 0.15) is 30.6 Å². The Labute approximate surface area is 159 Å². The number of hydrogen-bond acceptors (Lipinski definition) is 5. The van der Waals surface area contributed by atoms with Crippen molar-refractivity contribution in [3.05, 3.63) is 59.7 Å². The first-order chi connectivity index (χ1) is 12.6. The van der Waals surface area contributed by atoms with Crippen LogP contribution in [0.5, 0.6) is 11.5 Å². The Bertz CT molecular complexity index is 701. The van der Waals surface area contributed by atoms with Crippen molar-refractivity contribution in [1.82, 2.24) is 0 Å². The highest BCUT2D eigenvalue weighted by molar-refractivity contribution is 7.99. The molecule has 0 unspecified atom stereocenters. The van der Waals surface area contributed by atoms with Gasteiger partial charge in [-0.3, -0.25) is 0 Å². The minimum Gasteiger partial charge on any atom is -0.497 e. The predicted octanol–water partition coefficient (Wildman–Crippen LogP) is 4.17. The van der Waals surface area contributed by atoms with Crippen molar-refractivity contribution in [3.63, 3.8) is 0 Å². The molecule has 0 bridgehead atoms. The minimum absolute atomic E-state index is 0.0131. The molecule has 1 saturated heterocycles. The van der Waals surface area contributed by atoms with E-state index in [1.807, 2.05) is 60.3 Å². The van der Waals surface area contributed by atoms with Crippen LogP contribution in [0.15, 0.2) is 48.5 Å². The highest BCUT2D eigenvalue weighted by atomic mass is 32.2. The predicted molar refractivity (Wildman–Crippen MR) is 105 cm³/mol. The van der Waals surface area contributed by atoms with Crippen molar-refractivity contribution in [1.29, 1.82) is 0 Å². The maximum Gasteiger partial charge on any atom is 0.122 e. The quantitative estimate of drug-likeness (QED) is 0.788. The van der Waals surface area contributed by atoms with Crippen LogP contribution in [0.3, 0.4) is 0 Å². The van der Waals surface area contributed by atoms with Crippen LogP contribution in [0, 0.1) is 0 Å². The van der Waals surface area contributed by atoms with E-state index in [4.69, 9.17) is 14.2 Å². The van der Waals surface area contributed by atoms with E-state index in [1.165, 1.54) is 0 Å². The van der Waals surface area contributed by atoms with Gasteiger partial charge < -0.3 is 19.3 Å². The fourth-order valence-electron chi connectivity index (χ4n) is 3.44. The molecule has 1 fully saturated rings. The molecule has 4 nitrogen and oxygen atoms in total. The lowest BCUT2D eigenvalue weighted by Gasteiger charge is -2.29. The Kier molecular flexibility index (Phi) is 6.12. The highest BCUT2D eigenvalue weighted by Crippen LogP contribution is 2.49. The summed E-state index contributed by atoms with van der Waals surface area (Å²) < 4.78 is 16.8. The largest absolute Gasteiger partial charge is 0.497 e. The van der Waals surface area contributed by atoms with Gasteiger partial charge in [-0.1, -0.05) is 31.2 Å². The number of aliphatic hydroxyl groups is 1. The Balaban J connectivity index is 1.93. The van der Waals surface area contributed by atoms with Gasteiger partial charge in [0.05, 0.1) is 20.3 Å². The minimum atomic E-state index is -1.07. The topological polar surface area (TPSA) is 47.9 Å². The van der Waals surface area contributed by atoms with Gasteiger partial charge in [-0.15, -0.1) is 0 Å². The van der Waals surface area contributed by atoms with Gasteiger partial charge in [-0.05, 0) is 41.1 Å². The van der Waals surface area contributed by atoms with E-state index in [9.17, 15) is 5.11 Å². The van der Waals surface area contributed by atoms with Crippen molar-refractivity contribution in [2.75, 3.05) is 25.7 Å². The number of methoxy groups -OCH3 is 2. The summed E-state index contributed by atoms with van der Waals surface area (Å²) >= 11 is 1.83. The molecule has 1 N–H and O–H groups in total. The van der Waals surface area contributed by atoms with Crippen LogP contribution in [0.25, 0.3) is 0 Å². The lowest BCUT2D eigenvalue weighted by molar-refractivity contribution is -0.0515. The summed E-state index contributed by atoms with van der Waals surface area (Å²) in [4.78, 5) is 0. The van der Waals surface area contributed by atoms with E-state index >= 15 is 0 Å². The summed E-state index contributed by atoms with van der Waals surface area (Å²) in [5, 5.41) is 11.6. The van der Waals surface area contributed by atoms with Gasteiger partial charge in [-0.2, -0.15) is 11.8 Å². The molecule has 0 spiro atoms. The standard InChI is InChI=1S/C21H26O4S/c1-4-26-14-19-13-21(22,16-7-11-18(24-3)12-8-16)20(25-19)15-5-9-17(23-2)10-6-15/h5-12,19-20,22H,4,13-14H2,1-3H3/t19-,20+,21-/m0/s1. The molecule has 26 heavy (non-hydrogen) atoms. The number of rotatable bonds is 7. The highest BCUT2D eigenvalue weighted by Gasteiger charge is 2.49. The van der Waals surface area contributed by atoms with Gasteiger partial charge in [0.15, 0.2) is 0 Å². The average molecular weight is 375 g/mol. The SMILES string of the molecule is CCSC[C@@H]1C[C@](O)(c2ccc(OC)cc2)[C@@H](c2ccc(OC)cc2)O1. The third kappa shape index (κ3) is 3.85. The molecular formula is C21H26O4S. The van der Waals surface area contributed by atoms with Gasteiger partial charge in [0.1, 0.15) is 23.2 Å². The summed E-state index contributed by atoms with van der Waals surface area (Å²) in [6.07, 6.45) is 0.173. The normalized spacial score (nSPS) is 25.2. The third-order valence-corrected chi connectivity index (χ3v) is 5.83. The van der Waals surface area contributed by atoms with E-state index in [-0.39, 0.29) is 6.10 Å². The molecule has 0 aromatic heterocycles. The molecule has 1 aliphatic heterocycles. The van der Waals surface area contributed by atoms with E-state index < -0.39 is 11.7 Å². The summed E-state index contributed by atoms with van der Waals surface area (Å²) in [7, 11) is 3.29. The second-order valence-corrected chi connectivity index (χ2v) is 7.75. The van der Waals surface area contributed by atoms with E-state index in [2.05, 4.69) is 6.92 Å². The van der Waals surface area contributed by atoms with Crippen LogP contribution >= 0.6 is 11.8 Å². The van der Waals surface area contributed by atoms with Crippen molar-refractivity contribution in [2.24, 2.45) is 0 Å². The Morgan fingerprint density at radius 1 is 1.04 bits per heavy atom. The van der Waals surface area contributed by atoms with Crippen LogP contribution in [0.4, 0.5) is 0 Å². The smallest absolute Gasteiger partial charge is 0.122 e.